The first-order valence-electron chi connectivity index (χ1n) is 8.66. The van der Waals surface area contributed by atoms with Crippen molar-refractivity contribution >= 4 is 40.8 Å². The summed E-state index contributed by atoms with van der Waals surface area (Å²) in [5, 5.41) is 11.3. The minimum absolute atomic E-state index is 0.0287. The Hall–Kier alpha value is -1.05. The van der Waals surface area contributed by atoms with Crippen molar-refractivity contribution in [3.05, 3.63) is 34.9 Å². The molecule has 1 aromatic heterocycles. The van der Waals surface area contributed by atoms with Crippen LogP contribution in [-0.2, 0) is 17.6 Å². The van der Waals surface area contributed by atoms with Gasteiger partial charge in [-0.25, -0.2) is 0 Å². The minimum atomic E-state index is 0.0287. The number of nitrogens with one attached hydrogen (secondary N) is 1. The van der Waals surface area contributed by atoms with Gasteiger partial charge in [0.05, 0.1) is 11.8 Å². The van der Waals surface area contributed by atoms with Gasteiger partial charge >= 0.3 is 0 Å². The summed E-state index contributed by atoms with van der Waals surface area (Å²) in [6, 6.07) is 6.68. The number of carbonyl (C=O) groups excluding carboxylic acids is 1. The number of aromatic nitrogens is 2. The van der Waals surface area contributed by atoms with Crippen molar-refractivity contribution in [1.82, 2.24) is 15.5 Å². The molecule has 134 valence electrons. The highest BCUT2D eigenvalue weighted by molar-refractivity contribution is 8.03. The lowest BCUT2D eigenvalue weighted by molar-refractivity contribution is -0.119. The van der Waals surface area contributed by atoms with Crippen LogP contribution >= 0.6 is 34.9 Å². The number of aryl methyl sites for hydroxylation is 2. The third-order valence-electron chi connectivity index (χ3n) is 4.23. The molecular weight excluding hydrogens is 370 g/mol. The van der Waals surface area contributed by atoms with Gasteiger partial charge in [0.25, 0.3) is 0 Å². The number of thioether (sulfide) groups is 2. The zero-order chi connectivity index (χ0) is 17.6. The van der Waals surface area contributed by atoms with Crippen molar-refractivity contribution in [2.45, 2.75) is 54.3 Å². The quantitative estimate of drug-likeness (QED) is 0.702. The molecule has 4 nitrogen and oxygen atoms in total. The van der Waals surface area contributed by atoms with E-state index >= 15 is 0 Å². The average molecular weight is 394 g/mol. The Bertz CT molecular complexity index is 732. The summed E-state index contributed by atoms with van der Waals surface area (Å²) >= 11 is 4.69. The molecule has 2 aromatic rings. The van der Waals surface area contributed by atoms with Crippen LogP contribution in [0.4, 0.5) is 0 Å². The Morgan fingerprint density at radius 1 is 1.20 bits per heavy atom. The molecule has 1 N–H and O–H groups in total. The van der Waals surface area contributed by atoms with Gasteiger partial charge in [-0.15, -0.1) is 10.2 Å². The second kappa shape index (κ2) is 9.05. The van der Waals surface area contributed by atoms with E-state index in [4.69, 9.17) is 0 Å². The molecule has 1 heterocycles. The Labute approximate surface area is 161 Å². The third-order valence-corrected chi connectivity index (χ3v) is 7.30. The van der Waals surface area contributed by atoms with Crippen molar-refractivity contribution in [3.63, 3.8) is 0 Å². The van der Waals surface area contributed by atoms with Crippen LogP contribution < -0.4 is 5.32 Å². The van der Waals surface area contributed by atoms with Gasteiger partial charge in [0.15, 0.2) is 8.68 Å². The fourth-order valence-electron chi connectivity index (χ4n) is 2.95. The van der Waals surface area contributed by atoms with Crippen molar-refractivity contribution in [3.8, 4) is 0 Å². The van der Waals surface area contributed by atoms with Crippen LogP contribution in [0.25, 0.3) is 0 Å². The van der Waals surface area contributed by atoms with Gasteiger partial charge in [-0.1, -0.05) is 60.0 Å². The Morgan fingerprint density at radius 3 is 2.68 bits per heavy atom. The molecule has 1 aromatic carbocycles. The van der Waals surface area contributed by atoms with E-state index < -0.39 is 0 Å². The van der Waals surface area contributed by atoms with E-state index in [-0.39, 0.29) is 11.9 Å². The standard InChI is InChI=1S/C18H23N3OS3/c1-3-23-17-20-21-18(25-17)24-11-16(22)19-12(2)14-9-8-13-6-4-5-7-15(13)10-14/h8-10,12H,3-7,11H2,1-2H3,(H,19,22). The lowest BCUT2D eigenvalue weighted by Gasteiger charge is -2.20. The Kier molecular flexibility index (Phi) is 6.78. The highest BCUT2D eigenvalue weighted by atomic mass is 32.2. The normalized spacial score (nSPS) is 14.8. The monoisotopic (exact) mass is 393 g/mol. The summed E-state index contributed by atoms with van der Waals surface area (Å²) in [5.74, 6) is 1.40. The third kappa shape index (κ3) is 5.21. The van der Waals surface area contributed by atoms with E-state index in [0.29, 0.717) is 5.75 Å². The molecule has 1 amide bonds. The summed E-state index contributed by atoms with van der Waals surface area (Å²) in [6.07, 6.45) is 4.91. The maximum absolute atomic E-state index is 12.2. The Balaban J connectivity index is 1.51. The molecule has 1 atom stereocenters. The highest BCUT2D eigenvalue weighted by Gasteiger charge is 2.15. The van der Waals surface area contributed by atoms with Gasteiger partial charge in [-0.05, 0) is 55.1 Å². The zero-order valence-corrected chi connectivity index (χ0v) is 17.0. The number of amides is 1. The van der Waals surface area contributed by atoms with Gasteiger partial charge in [0.1, 0.15) is 0 Å². The number of fused-ring (bicyclic) bond motifs is 1. The molecule has 25 heavy (non-hydrogen) atoms. The van der Waals surface area contributed by atoms with Crippen molar-refractivity contribution in [1.29, 1.82) is 0 Å². The second-order valence-electron chi connectivity index (χ2n) is 6.08. The SMILES string of the molecule is CCSc1nnc(SCC(=O)NC(C)c2ccc3c(c2)CCCC3)s1. The summed E-state index contributed by atoms with van der Waals surface area (Å²) in [4.78, 5) is 12.2. The van der Waals surface area contributed by atoms with Crippen LogP contribution in [0.1, 0.15) is 49.4 Å². The van der Waals surface area contributed by atoms with Crippen LogP contribution in [0.3, 0.4) is 0 Å². The van der Waals surface area contributed by atoms with Crippen molar-refractivity contribution < 1.29 is 4.79 Å². The smallest absolute Gasteiger partial charge is 0.230 e. The molecule has 0 saturated carbocycles. The molecule has 0 saturated heterocycles. The predicted molar refractivity (Wildman–Crippen MR) is 107 cm³/mol. The van der Waals surface area contributed by atoms with Crippen LogP contribution in [-0.4, -0.2) is 27.6 Å². The summed E-state index contributed by atoms with van der Waals surface area (Å²) in [7, 11) is 0. The van der Waals surface area contributed by atoms with Crippen LogP contribution in [0.15, 0.2) is 26.9 Å². The fourth-order valence-corrected chi connectivity index (χ4v) is 5.68. The largest absolute Gasteiger partial charge is 0.349 e. The van der Waals surface area contributed by atoms with Crippen molar-refractivity contribution in [2.24, 2.45) is 0 Å². The predicted octanol–water partition coefficient (Wildman–Crippen LogP) is 4.50. The molecular formula is C18H23N3OS3. The molecule has 3 rings (SSSR count). The van der Waals surface area contributed by atoms with Gasteiger partial charge in [0, 0.05) is 0 Å². The molecule has 0 radical (unpaired) electrons. The summed E-state index contributed by atoms with van der Waals surface area (Å²) in [5.41, 5.74) is 4.12. The lowest BCUT2D eigenvalue weighted by Crippen LogP contribution is -2.28. The molecule has 0 fully saturated rings. The molecule has 0 bridgehead atoms. The number of hydrogen-bond acceptors (Lipinski definition) is 6. The van der Waals surface area contributed by atoms with E-state index in [1.165, 1.54) is 47.7 Å². The lowest BCUT2D eigenvalue weighted by atomic mass is 9.89. The van der Waals surface area contributed by atoms with Gasteiger partial charge in [-0.3, -0.25) is 4.79 Å². The number of rotatable bonds is 7. The van der Waals surface area contributed by atoms with Gasteiger partial charge in [0.2, 0.25) is 5.91 Å². The Morgan fingerprint density at radius 2 is 1.92 bits per heavy atom. The van der Waals surface area contributed by atoms with Crippen LogP contribution in [0.5, 0.6) is 0 Å². The van der Waals surface area contributed by atoms with E-state index in [2.05, 4.69) is 40.6 Å². The topological polar surface area (TPSA) is 54.9 Å². The number of hydrogen-bond donors (Lipinski definition) is 1. The summed E-state index contributed by atoms with van der Waals surface area (Å²) in [6.45, 7) is 4.14. The maximum Gasteiger partial charge on any atom is 0.230 e. The second-order valence-corrected chi connectivity index (χ2v) is 9.79. The molecule has 1 aliphatic carbocycles. The van der Waals surface area contributed by atoms with E-state index in [1.807, 2.05) is 6.92 Å². The summed E-state index contributed by atoms with van der Waals surface area (Å²) < 4.78 is 1.82. The van der Waals surface area contributed by atoms with E-state index in [0.717, 1.165) is 20.9 Å². The first-order chi connectivity index (χ1) is 12.2. The number of carbonyl (C=O) groups is 1. The number of benzene rings is 1. The molecule has 0 spiro atoms. The first kappa shape index (κ1) is 18.7. The molecule has 1 aliphatic rings. The maximum atomic E-state index is 12.2. The van der Waals surface area contributed by atoms with E-state index in [9.17, 15) is 4.79 Å². The molecule has 1 unspecified atom stereocenters. The zero-order valence-electron chi connectivity index (χ0n) is 14.6. The fraction of sp³-hybridized carbons (Fsp3) is 0.500. The minimum Gasteiger partial charge on any atom is -0.349 e. The molecule has 0 aliphatic heterocycles. The average Bonchev–Trinajstić information content (AvgIpc) is 3.07. The highest BCUT2D eigenvalue weighted by Crippen LogP contribution is 2.29. The van der Waals surface area contributed by atoms with Crippen LogP contribution in [0.2, 0.25) is 0 Å². The van der Waals surface area contributed by atoms with E-state index in [1.54, 1.807) is 23.1 Å². The van der Waals surface area contributed by atoms with Crippen LogP contribution in [0, 0.1) is 0 Å². The van der Waals surface area contributed by atoms with Crippen molar-refractivity contribution in [2.75, 3.05) is 11.5 Å². The number of nitrogens with zero attached hydrogens (tertiary/aromatic N) is 2. The first-order valence-corrected chi connectivity index (χ1v) is 11.4. The van der Waals surface area contributed by atoms with Gasteiger partial charge in [-0.2, -0.15) is 0 Å². The molecule has 7 heteroatoms. The van der Waals surface area contributed by atoms with Gasteiger partial charge < -0.3 is 5.32 Å².